The first-order valence-electron chi connectivity index (χ1n) is 9.14. The fourth-order valence-electron chi connectivity index (χ4n) is 2.88. The predicted octanol–water partition coefficient (Wildman–Crippen LogP) is 2.43. The lowest BCUT2D eigenvalue weighted by atomic mass is 10.2. The summed E-state index contributed by atoms with van der Waals surface area (Å²) < 4.78 is 5.10. The van der Waals surface area contributed by atoms with Gasteiger partial charge in [-0.25, -0.2) is 0 Å². The third-order valence-electron chi connectivity index (χ3n) is 4.40. The Bertz CT molecular complexity index is 569. The highest BCUT2D eigenvalue weighted by Gasteiger charge is 2.21. The number of nitrogens with two attached hydrogens (primary N) is 1. The number of nitrogens with zero attached hydrogens (tertiary/aromatic N) is 2. The molecule has 1 aromatic carbocycles. The van der Waals surface area contributed by atoms with Crippen LogP contribution >= 0.6 is 0 Å². The zero-order valence-corrected chi connectivity index (χ0v) is 15.1. The highest BCUT2D eigenvalue weighted by atomic mass is 16.5. The van der Waals surface area contributed by atoms with Crippen LogP contribution in [0.1, 0.15) is 39.0 Å². The SMILES string of the molecule is CCCCOC(=O)CCCC(=O)N1CCN(c2cccc(N)c2)CC1. The number of carbonyl (C=O) groups excluding carboxylic acids is 2. The van der Waals surface area contributed by atoms with Crippen molar-refractivity contribution in [1.29, 1.82) is 0 Å². The summed E-state index contributed by atoms with van der Waals surface area (Å²) in [4.78, 5) is 27.9. The van der Waals surface area contributed by atoms with Crippen molar-refractivity contribution in [3.8, 4) is 0 Å². The van der Waals surface area contributed by atoms with Gasteiger partial charge in [-0.15, -0.1) is 0 Å². The van der Waals surface area contributed by atoms with E-state index in [0.29, 0.717) is 39.0 Å². The summed E-state index contributed by atoms with van der Waals surface area (Å²) in [6, 6.07) is 7.82. The van der Waals surface area contributed by atoms with Gasteiger partial charge < -0.3 is 20.3 Å². The van der Waals surface area contributed by atoms with Crippen LogP contribution in [-0.2, 0) is 14.3 Å². The van der Waals surface area contributed by atoms with Crippen LogP contribution in [0.15, 0.2) is 24.3 Å². The van der Waals surface area contributed by atoms with Crippen LogP contribution in [0.5, 0.6) is 0 Å². The minimum absolute atomic E-state index is 0.119. The Kier molecular flexibility index (Phi) is 7.57. The van der Waals surface area contributed by atoms with Crippen LogP contribution in [0.2, 0.25) is 0 Å². The van der Waals surface area contributed by atoms with Gasteiger partial charge in [-0.05, 0) is 31.0 Å². The van der Waals surface area contributed by atoms with E-state index in [1.54, 1.807) is 0 Å². The number of carbonyl (C=O) groups is 2. The molecule has 25 heavy (non-hydrogen) atoms. The first-order valence-corrected chi connectivity index (χ1v) is 9.14. The molecule has 1 amide bonds. The quantitative estimate of drug-likeness (QED) is 0.444. The number of amides is 1. The van der Waals surface area contributed by atoms with Gasteiger partial charge in [0.15, 0.2) is 0 Å². The Balaban J connectivity index is 1.66. The van der Waals surface area contributed by atoms with E-state index >= 15 is 0 Å². The summed E-state index contributed by atoms with van der Waals surface area (Å²) in [7, 11) is 0. The van der Waals surface area contributed by atoms with Gasteiger partial charge in [0.2, 0.25) is 5.91 Å². The molecule has 1 fully saturated rings. The lowest BCUT2D eigenvalue weighted by Crippen LogP contribution is -2.48. The Morgan fingerprint density at radius 2 is 1.88 bits per heavy atom. The monoisotopic (exact) mass is 347 g/mol. The maximum atomic E-state index is 12.3. The highest BCUT2D eigenvalue weighted by molar-refractivity contribution is 5.77. The average molecular weight is 347 g/mol. The second kappa shape index (κ2) is 9.91. The van der Waals surface area contributed by atoms with E-state index in [2.05, 4.69) is 11.8 Å². The van der Waals surface area contributed by atoms with Crippen LogP contribution in [-0.4, -0.2) is 49.6 Å². The molecule has 1 aromatic rings. The number of rotatable bonds is 8. The van der Waals surface area contributed by atoms with E-state index in [9.17, 15) is 9.59 Å². The van der Waals surface area contributed by atoms with Crippen LogP contribution in [0.4, 0.5) is 11.4 Å². The average Bonchev–Trinajstić information content (AvgIpc) is 2.62. The van der Waals surface area contributed by atoms with E-state index in [1.165, 1.54) is 0 Å². The molecule has 1 heterocycles. The molecule has 6 heteroatoms. The first-order chi connectivity index (χ1) is 12.1. The number of benzene rings is 1. The summed E-state index contributed by atoms with van der Waals surface area (Å²) in [5.41, 5.74) is 7.68. The van der Waals surface area contributed by atoms with Crippen molar-refractivity contribution in [3.63, 3.8) is 0 Å². The van der Waals surface area contributed by atoms with E-state index in [1.807, 2.05) is 29.2 Å². The Labute approximate surface area is 149 Å². The number of anilines is 2. The lowest BCUT2D eigenvalue weighted by molar-refractivity contribution is -0.144. The first kappa shape index (κ1) is 19.1. The van der Waals surface area contributed by atoms with E-state index in [4.69, 9.17) is 10.5 Å². The van der Waals surface area contributed by atoms with Crippen molar-refractivity contribution >= 4 is 23.3 Å². The van der Waals surface area contributed by atoms with Gasteiger partial charge >= 0.3 is 5.97 Å². The fourth-order valence-corrected chi connectivity index (χ4v) is 2.88. The van der Waals surface area contributed by atoms with E-state index in [-0.39, 0.29) is 11.9 Å². The third-order valence-corrected chi connectivity index (χ3v) is 4.40. The second-order valence-electron chi connectivity index (χ2n) is 6.39. The lowest BCUT2D eigenvalue weighted by Gasteiger charge is -2.36. The third kappa shape index (κ3) is 6.29. The van der Waals surface area contributed by atoms with Gasteiger partial charge in [-0.2, -0.15) is 0 Å². The van der Waals surface area contributed by atoms with E-state index in [0.717, 1.165) is 37.3 Å². The van der Waals surface area contributed by atoms with Crippen molar-refractivity contribution in [2.75, 3.05) is 43.4 Å². The molecule has 0 atom stereocenters. The standard InChI is InChI=1S/C19H29N3O3/c1-2-3-14-25-19(24)9-5-8-18(23)22-12-10-21(11-13-22)17-7-4-6-16(20)15-17/h4,6-7,15H,2-3,5,8-14,20H2,1H3. The molecule has 0 spiro atoms. The second-order valence-corrected chi connectivity index (χ2v) is 6.39. The van der Waals surface area contributed by atoms with Crippen molar-refractivity contribution in [3.05, 3.63) is 24.3 Å². The molecular formula is C19H29N3O3. The number of nitrogen functional groups attached to an aromatic ring is 1. The summed E-state index contributed by atoms with van der Waals surface area (Å²) in [6.07, 6.45) is 3.18. The van der Waals surface area contributed by atoms with E-state index < -0.39 is 0 Å². The molecule has 0 aromatic heterocycles. The van der Waals surface area contributed by atoms with Crippen LogP contribution < -0.4 is 10.6 Å². The smallest absolute Gasteiger partial charge is 0.305 e. The minimum atomic E-state index is -0.201. The molecule has 0 unspecified atom stereocenters. The van der Waals surface area contributed by atoms with Gasteiger partial charge in [-0.1, -0.05) is 19.4 Å². The van der Waals surface area contributed by atoms with Crippen molar-refractivity contribution in [2.24, 2.45) is 0 Å². The van der Waals surface area contributed by atoms with Gasteiger partial charge in [0, 0.05) is 50.4 Å². The summed E-state index contributed by atoms with van der Waals surface area (Å²) in [5.74, 6) is -0.0821. The zero-order valence-electron chi connectivity index (χ0n) is 15.1. The highest BCUT2D eigenvalue weighted by Crippen LogP contribution is 2.19. The normalized spacial score (nSPS) is 14.4. The molecule has 2 rings (SSSR count). The summed E-state index contributed by atoms with van der Waals surface area (Å²) >= 11 is 0. The number of hydrogen-bond acceptors (Lipinski definition) is 5. The molecule has 1 aliphatic rings. The number of unbranched alkanes of at least 4 members (excludes halogenated alkanes) is 1. The zero-order chi connectivity index (χ0) is 18.1. The van der Waals surface area contributed by atoms with Gasteiger partial charge in [-0.3, -0.25) is 9.59 Å². The molecule has 1 saturated heterocycles. The molecule has 0 radical (unpaired) electrons. The Hall–Kier alpha value is -2.24. The predicted molar refractivity (Wildman–Crippen MR) is 99.4 cm³/mol. The van der Waals surface area contributed by atoms with Gasteiger partial charge in [0.05, 0.1) is 6.61 Å². The minimum Gasteiger partial charge on any atom is -0.466 e. The number of esters is 1. The molecule has 1 aliphatic heterocycles. The maximum absolute atomic E-state index is 12.3. The van der Waals surface area contributed by atoms with Crippen molar-refractivity contribution in [1.82, 2.24) is 4.90 Å². The number of piperazine rings is 1. The van der Waals surface area contributed by atoms with Gasteiger partial charge in [0.25, 0.3) is 0 Å². The largest absolute Gasteiger partial charge is 0.466 e. The van der Waals surface area contributed by atoms with Crippen molar-refractivity contribution in [2.45, 2.75) is 39.0 Å². The molecule has 6 nitrogen and oxygen atoms in total. The molecule has 138 valence electrons. The molecule has 2 N–H and O–H groups in total. The van der Waals surface area contributed by atoms with Crippen molar-refractivity contribution < 1.29 is 14.3 Å². The van der Waals surface area contributed by atoms with Crippen LogP contribution in [0.25, 0.3) is 0 Å². The van der Waals surface area contributed by atoms with Gasteiger partial charge in [0.1, 0.15) is 0 Å². The molecular weight excluding hydrogens is 318 g/mol. The number of hydrogen-bond donors (Lipinski definition) is 1. The Morgan fingerprint density at radius 3 is 2.56 bits per heavy atom. The topological polar surface area (TPSA) is 75.9 Å². The Morgan fingerprint density at radius 1 is 1.12 bits per heavy atom. The number of ether oxygens (including phenoxy) is 1. The fraction of sp³-hybridized carbons (Fsp3) is 0.579. The van der Waals surface area contributed by atoms with Crippen LogP contribution in [0.3, 0.4) is 0 Å². The molecule has 0 bridgehead atoms. The molecule has 0 saturated carbocycles. The van der Waals surface area contributed by atoms with Crippen LogP contribution in [0, 0.1) is 0 Å². The maximum Gasteiger partial charge on any atom is 0.305 e. The summed E-state index contributed by atoms with van der Waals surface area (Å²) in [6.45, 7) is 5.54. The summed E-state index contributed by atoms with van der Waals surface area (Å²) in [5, 5.41) is 0. The molecule has 0 aliphatic carbocycles.